The fourth-order valence-electron chi connectivity index (χ4n) is 2.74. The first-order valence-electron chi connectivity index (χ1n) is 9.40. The maximum absolute atomic E-state index is 11.9. The molecule has 1 N–H and O–H groups in total. The molecule has 0 atom stereocenters. The summed E-state index contributed by atoms with van der Waals surface area (Å²) in [6.45, 7) is 12.1. The third-order valence-corrected chi connectivity index (χ3v) is 3.91. The standard InChI is InChI=1S/C22H25N3O4/c1-6-27-14(2)20-24-17-10-11-28-19(17)18(25-20)16-9-7-8-15(12-16)13-23-21(26)29-22(3,4)5/h7-12H,2,6,13H2,1,3-5H3,(H,23,26). The third kappa shape index (κ3) is 5.13. The van der Waals surface area contributed by atoms with Crippen LogP contribution in [0.25, 0.3) is 28.1 Å². The van der Waals surface area contributed by atoms with Crippen LogP contribution in [0.3, 0.4) is 0 Å². The van der Waals surface area contributed by atoms with E-state index in [1.165, 1.54) is 0 Å². The van der Waals surface area contributed by atoms with Crippen molar-refractivity contribution in [3.63, 3.8) is 0 Å². The number of ether oxygens (including phenoxy) is 2. The van der Waals surface area contributed by atoms with Crippen LogP contribution < -0.4 is 5.32 Å². The summed E-state index contributed by atoms with van der Waals surface area (Å²) in [4.78, 5) is 21.0. The van der Waals surface area contributed by atoms with Gasteiger partial charge in [-0.3, -0.25) is 0 Å². The Morgan fingerprint density at radius 3 is 2.76 bits per heavy atom. The summed E-state index contributed by atoms with van der Waals surface area (Å²) in [7, 11) is 0. The first-order chi connectivity index (χ1) is 13.8. The second kappa shape index (κ2) is 8.34. The summed E-state index contributed by atoms with van der Waals surface area (Å²) in [5, 5.41) is 2.76. The third-order valence-electron chi connectivity index (χ3n) is 3.91. The number of nitrogens with one attached hydrogen (secondary N) is 1. The van der Waals surface area contributed by atoms with E-state index in [4.69, 9.17) is 13.9 Å². The Labute approximate surface area is 169 Å². The molecule has 2 aromatic heterocycles. The zero-order chi connectivity index (χ0) is 21.0. The van der Waals surface area contributed by atoms with Crippen LogP contribution in [0.5, 0.6) is 0 Å². The summed E-state index contributed by atoms with van der Waals surface area (Å²) in [5.41, 5.74) is 3.07. The highest BCUT2D eigenvalue weighted by molar-refractivity contribution is 5.88. The highest BCUT2D eigenvalue weighted by Gasteiger charge is 2.17. The first kappa shape index (κ1) is 20.4. The van der Waals surface area contributed by atoms with Crippen molar-refractivity contribution in [1.29, 1.82) is 0 Å². The Bertz CT molecular complexity index is 1030. The number of benzene rings is 1. The number of hydrogen-bond acceptors (Lipinski definition) is 6. The quantitative estimate of drug-likeness (QED) is 0.596. The number of carbonyl (C=O) groups is 1. The topological polar surface area (TPSA) is 86.5 Å². The smallest absolute Gasteiger partial charge is 0.407 e. The van der Waals surface area contributed by atoms with Gasteiger partial charge in [-0.15, -0.1) is 0 Å². The van der Waals surface area contributed by atoms with E-state index in [1.807, 2.05) is 52.0 Å². The Kier molecular flexibility index (Phi) is 5.87. The molecule has 0 unspecified atom stereocenters. The van der Waals surface area contributed by atoms with Gasteiger partial charge >= 0.3 is 6.09 Å². The van der Waals surface area contributed by atoms with Crippen molar-refractivity contribution in [2.24, 2.45) is 0 Å². The van der Waals surface area contributed by atoms with Crippen LogP contribution in [0.1, 0.15) is 39.1 Å². The van der Waals surface area contributed by atoms with Crippen LogP contribution in [-0.4, -0.2) is 28.3 Å². The van der Waals surface area contributed by atoms with E-state index in [0.29, 0.717) is 41.5 Å². The van der Waals surface area contributed by atoms with E-state index < -0.39 is 11.7 Å². The van der Waals surface area contributed by atoms with Crippen LogP contribution in [0.2, 0.25) is 0 Å². The van der Waals surface area contributed by atoms with Crippen molar-refractivity contribution in [2.75, 3.05) is 6.61 Å². The fourth-order valence-corrected chi connectivity index (χ4v) is 2.74. The molecular formula is C22H25N3O4. The molecule has 0 aliphatic rings. The molecule has 1 amide bonds. The predicted molar refractivity (Wildman–Crippen MR) is 111 cm³/mol. The molecule has 7 heteroatoms. The Morgan fingerprint density at radius 2 is 2.03 bits per heavy atom. The molecular weight excluding hydrogens is 370 g/mol. The Balaban J connectivity index is 1.88. The second-order valence-electron chi connectivity index (χ2n) is 7.44. The maximum atomic E-state index is 11.9. The lowest BCUT2D eigenvalue weighted by Gasteiger charge is -2.19. The molecule has 0 bridgehead atoms. The van der Waals surface area contributed by atoms with Crippen LogP contribution >= 0.6 is 0 Å². The van der Waals surface area contributed by atoms with Crippen molar-refractivity contribution in [3.8, 4) is 11.3 Å². The molecule has 3 rings (SSSR count). The van der Waals surface area contributed by atoms with Crippen LogP contribution in [0.4, 0.5) is 4.79 Å². The van der Waals surface area contributed by atoms with Gasteiger partial charge in [0, 0.05) is 18.2 Å². The molecule has 0 saturated heterocycles. The molecule has 152 valence electrons. The van der Waals surface area contributed by atoms with E-state index in [0.717, 1.165) is 11.1 Å². The monoisotopic (exact) mass is 395 g/mol. The Morgan fingerprint density at radius 1 is 1.24 bits per heavy atom. The first-order valence-corrected chi connectivity index (χ1v) is 9.40. The molecule has 0 aliphatic heterocycles. The number of furan rings is 1. The molecule has 0 saturated carbocycles. The summed E-state index contributed by atoms with van der Waals surface area (Å²) >= 11 is 0. The highest BCUT2D eigenvalue weighted by atomic mass is 16.6. The normalized spacial score (nSPS) is 11.3. The average Bonchev–Trinajstić information content (AvgIpc) is 3.13. The number of rotatable bonds is 6. The number of fused-ring (bicyclic) bond motifs is 1. The summed E-state index contributed by atoms with van der Waals surface area (Å²) < 4.78 is 16.3. The van der Waals surface area contributed by atoms with Crippen LogP contribution in [-0.2, 0) is 16.0 Å². The maximum Gasteiger partial charge on any atom is 0.407 e. The van der Waals surface area contributed by atoms with E-state index in [-0.39, 0.29) is 0 Å². The minimum absolute atomic E-state index is 0.327. The average molecular weight is 395 g/mol. The van der Waals surface area contributed by atoms with Gasteiger partial charge in [0.05, 0.1) is 12.9 Å². The van der Waals surface area contributed by atoms with E-state index in [2.05, 4.69) is 21.9 Å². The van der Waals surface area contributed by atoms with Crippen molar-refractivity contribution < 1.29 is 18.7 Å². The van der Waals surface area contributed by atoms with Gasteiger partial charge in [-0.2, -0.15) is 0 Å². The van der Waals surface area contributed by atoms with Gasteiger partial charge in [0.1, 0.15) is 16.8 Å². The van der Waals surface area contributed by atoms with Crippen molar-refractivity contribution in [3.05, 3.63) is 54.6 Å². The molecule has 1 aromatic carbocycles. The van der Waals surface area contributed by atoms with Crippen molar-refractivity contribution >= 4 is 23.0 Å². The molecule has 2 heterocycles. The Hall–Kier alpha value is -3.35. The number of alkyl carbamates (subject to hydrolysis) is 1. The van der Waals surface area contributed by atoms with Gasteiger partial charge in [0.2, 0.25) is 0 Å². The zero-order valence-corrected chi connectivity index (χ0v) is 17.1. The molecule has 29 heavy (non-hydrogen) atoms. The van der Waals surface area contributed by atoms with Crippen LogP contribution in [0.15, 0.2) is 47.6 Å². The van der Waals surface area contributed by atoms with Gasteiger partial charge in [-0.05, 0) is 39.3 Å². The zero-order valence-electron chi connectivity index (χ0n) is 17.1. The number of aromatic nitrogens is 2. The SMILES string of the molecule is C=C(OCC)c1nc(-c2cccc(CNC(=O)OC(C)(C)C)c2)c2occc2n1. The van der Waals surface area contributed by atoms with Gasteiger partial charge < -0.3 is 19.2 Å². The molecule has 0 radical (unpaired) electrons. The molecule has 0 aliphatic carbocycles. The highest BCUT2D eigenvalue weighted by Crippen LogP contribution is 2.29. The van der Waals surface area contributed by atoms with E-state index in [1.54, 1.807) is 12.3 Å². The van der Waals surface area contributed by atoms with Crippen molar-refractivity contribution in [1.82, 2.24) is 15.3 Å². The molecule has 0 spiro atoms. The predicted octanol–water partition coefficient (Wildman–Crippen LogP) is 4.92. The minimum Gasteiger partial charge on any atom is -0.491 e. The number of nitrogens with zero attached hydrogens (tertiary/aromatic N) is 2. The number of hydrogen-bond donors (Lipinski definition) is 1. The van der Waals surface area contributed by atoms with Gasteiger partial charge in [0.15, 0.2) is 17.2 Å². The van der Waals surface area contributed by atoms with Gasteiger partial charge in [0.25, 0.3) is 0 Å². The molecule has 0 fully saturated rings. The fraction of sp³-hybridized carbons (Fsp3) is 0.318. The van der Waals surface area contributed by atoms with Crippen molar-refractivity contribution in [2.45, 2.75) is 39.8 Å². The molecule has 7 nitrogen and oxygen atoms in total. The summed E-state index contributed by atoms with van der Waals surface area (Å²) in [6, 6.07) is 9.46. The van der Waals surface area contributed by atoms with E-state index in [9.17, 15) is 4.79 Å². The van der Waals surface area contributed by atoms with Gasteiger partial charge in [-0.1, -0.05) is 24.8 Å². The second-order valence-corrected chi connectivity index (χ2v) is 7.44. The number of carbonyl (C=O) groups excluding carboxylic acids is 1. The largest absolute Gasteiger partial charge is 0.491 e. The number of amides is 1. The van der Waals surface area contributed by atoms with Gasteiger partial charge in [-0.25, -0.2) is 14.8 Å². The lowest BCUT2D eigenvalue weighted by Crippen LogP contribution is -2.32. The lowest BCUT2D eigenvalue weighted by molar-refractivity contribution is 0.0523. The molecule has 3 aromatic rings. The minimum atomic E-state index is -0.545. The van der Waals surface area contributed by atoms with Crippen LogP contribution in [0, 0.1) is 0 Å². The summed E-state index contributed by atoms with van der Waals surface area (Å²) in [6.07, 6.45) is 1.11. The lowest BCUT2D eigenvalue weighted by atomic mass is 10.1. The van der Waals surface area contributed by atoms with E-state index >= 15 is 0 Å². The summed E-state index contributed by atoms with van der Waals surface area (Å²) in [5.74, 6) is 0.813.